The number of ether oxygens (including phenoxy) is 1. The minimum atomic E-state index is -5.05. The number of hydrogen-bond acceptors (Lipinski definition) is 9. The van der Waals surface area contributed by atoms with E-state index < -0.39 is 52.3 Å². The van der Waals surface area contributed by atoms with Gasteiger partial charge in [0, 0.05) is 0 Å². The van der Waals surface area contributed by atoms with Crippen LogP contribution in [0, 0.1) is 0 Å². The Labute approximate surface area is 121 Å². The van der Waals surface area contributed by atoms with Crippen molar-refractivity contribution >= 4 is 21.6 Å². The smallest absolute Gasteiger partial charge is 0.478 e. The summed E-state index contributed by atoms with van der Waals surface area (Å²) in [5.74, 6) is -1.52. The fourth-order valence-corrected chi connectivity index (χ4v) is 2.31. The van der Waals surface area contributed by atoms with Crippen LogP contribution < -0.4 is 0 Å². The zero-order chi connectivity index (χ0) is 17.9. The normalized spacial score (nSPS) is 32.8. The Morgan fingerprint density at radius 1 is 0.864 bits per heavy atom. The van der Waals surface area contributed by atoms with E-state index >= 15 is 0 Å². The molecule has 14 nitrogen and oxygen atoms in total. The van der Waals surface area contributed by atoms with Crippen LogP contribution in [-0.4, -0.2) is 81.8 Å². The second-order valence-corrected chi connectivity index (χ2v) is 6.44. The molecular formula is C6H14O14P2. The minimum Gasteiger partial charge on any atom is -0.479 e. The molecule has 1 fully saturated rings. The topological polar surface area (TPSA) is 252 Å². The van der Waals surface area contributed by atoms with Crippen molar-refractivity contribution in [2.75, 3.05) is 0 Å². The molecule has 1 aliphatic rings. The number of phosphoric acid groups is 2. The quantitative estimate of drug-likeness (QED) is 0.214. The van der Waals surface area contributed by atoms with Gasteiger partial charge in [-0.2, -0.15) is 4.31 Å². The lowest BCUT2D eigenvalue weighted by molar-refractivity contribution is -0.279. The van der Waals surface area contributed by atoms with Crippen LogP contribution in [0.25, 0.3) is 0 Å². The maximum Gasteiger partial charge on any atom is 0.478 e. The van der Waals surface area contributed by atoms with E-state index in [2.05, 4.69) is 9.05 Å². The third-order valence-corrected chi connectivity index (χ3v) is 3.75. The maximum absolute atomic E-state index is 10.4. The molecule has 0 aromatic rings. The number of aliphatic hydroxyl groups excluding tert-OH is 4. The molecule has 16 heteroatoms. The Hall–Kier alpha value is -0.470. The Morgan fingerprint density at radius 3 is 1.55 bits per heavy atom. The highest BCUT2D eigenvalue weighted by molar-refractivity contribution is 7.60. The number of carboxylic acids is 1. The van der Waals surface area contributed by atoms with Crippen LogP contribution in [0.2, 0.25) is 0 Å². The van der Waals surface area contributed by atoms with Gasteiger partial charge in [0.2, 0.25) is 0 Å². The van der Waals surface area contributed by atoms with Gasteiger partial charge in [0.05, 0.1) is 0 Å². The zero-order valence-corrected chi connectivity index (χ0v) is 12.1. The molecule has 1 rings (SSSR count). The summed E-state index contributed by atoms with van der Waals surface area (Å²) in [7, 11) is -10.1. The van der Waals surface area contributed by atoms with Crippen molar-refractivity contribution in [1.82, 2.24) is 0 Å². The fourth-order valence-electron chi connectivity index (χ4n) is 1.20. The largest absolute Gasteiger partial charge is 0.479 e. The average Bonchev–Trinajstić information content (AvgIpc) is 2.26. The van der Waals surface area contributed by atoms with Crippen LogP contribution in [0.4, 0.5) is 0 Å². The van der Waals surface area contributed by atoms with Gasteiger partial charge >= 0.3 is 21.6 Å². The van der Waals surface area contributed by atoms with Crippen LogP contribution in [0.1, 0.15) is 0 Å². The third-order valence-electron chi connectivity index (χ3n) is 2.04. The molecule has 9 N–H and O–H groups in total. The predicted molar refractivity (Wildman–Crippen MR) is 61.7 cm³/mol. The van der Waals surface area contributed by atoms with Gasteiger partial charge in [0.25, 0.3) is 0 Å². The summed E-state index contributed by atoms with van der Waals surface area (Å²) >= 11 is 0. The monoisotopic (exact) mass is 372 g/mol. The summed E-state index contributed by atoms with van der Waals surface area (Å²) in [6.45, 7) is 0. The van der Waals surface area contributed by atoms with E-state index in [0.29, 0.717) is 0 Å². The standard InChI is InChI=1S/C6H10O7.H4O7P2/c7-1-2(8)4(5(10)11)13-6(12)3(1)9;1-8(2,3)7-9(4,5)6/h1-4,6-9,12H,(H,10,11);(H2,1,2,3)(H2,4,5,6)/t1-,2-,3+,4-,6-;/m0./s1. The van der Waals surface area contributed by atoms with Gasteiger partial charge in [0.1, 0.15) is 18.3 Å². The van der Waals surface area contributed by atoms with E-state index in [4.69, 9.17) is 45.1 Å². The highest BCUT2D eigenvalue weighted by Gasteiger charge is 2.46. The fraction of sp³-hybridized carbons (Fsp3) is 0.833. The number of carboxylic acid groups (broad SMARTS) is 1. The molecule has 0 aliphatic carbocycles. The molecule has 22 heavy (non-hydrogen) atoms. The van der Waals surface area contributed by atoms with E-state index in [1.54, 1.807) is 0 Å². The van der Waals surface area contributed by atoms with Crippen molar-refractivity contribution in [3.63, 3.8) is 0 Å². The zero-order valence-electron chi connectivity index (χ0n) is 10.3. The van der Waals surface area contributed by atoms with Crippen LogP contribution in [0.3, 0.4) is 0 Å². The minimum absolute atomic E-state index is 1.52. The molecule has 0 aromatic heterocycles. The molecule has 1 aliphatic heterocycles. The van der Waals surface area contributed by atoms with Gasteiger partial charge in [-0.1, -0.05) is 0 Å². The Morgan fingerprint density at radius 2 is 1.27 bits per heavy atom. The molecule has 0 bridgehead atoms. The lowest BCUT2D eigenvalue weighted by Crippen LogP contribution is -2.59. The second kappa shape index (κ2) is 7.88. The highest BCUT2D eigenvalue weighted by atomic mass is 31.3. The van der Waals surface area contributed by atoms with Crippen LogP contribution >= 0.6 is 15.6 Å². The van der Waals surface area contributed by atoms with Gasteiger partial charge in [-0.25, -0.2) is 13.9 Å². The molecule has 0 radical (unpaired) electrons. The molecule has 0 aromatic carbocycles. The number of aliphatic carboxylic acids is 1. The van der Waals surface area contributed by atoms with Crippen molar-refractivity contribution in [1.29, 1.82) is 0 Å². The van der Waals surface area contributed by atoms with Crippen molar-refractivity contribution in [3.05, 3.63) is 0 Å². The summed E-state index contributed by atoms with van der Waals surface area (Å²) < 4.78 is 26.6. The molecular weight excluding hydrogens is 358 g/mol. The van der Waals surface area contributed by atoms with E-state index in [-0.39, 0.29) is 0 Å². The lowest BCUT2D eigenvalue weighted by atomic mass is 9.99. The van der Waals surface area contributed by atoms with Crippen molar-refractivity contribution in [2.24, 2.45) is 0 Å². The Kier molecular flexibility index (Phi) is 7.71. The highest BCUT2D eigenvalue weighted by Crippen LogP contribution is 2.53. The van der Waals surface area contributed by atoms with Crippen LogP contribution in [0.15, 0.2) is 0 Å². The van der Waals surface area contributed by atoms with E-state index in [9.17, 15) is 13.9 Å². The molecule has 132 valence electrons. The van der Waals surface area contributed by atoms with Gasteiger partial charge in [-0.05, 0) is 0 Å². The van der Waals surface area contributed by atoms with Gasteiger partial charge < -0.3 is 49.8 Å². The van der Waals surface area contributed by atoms with Crippen molar-refractivity contribution < 1.29 is 68.1 Å². The van der Waals surface area contributed by atoms with E-state index in [1.165, 1.54) is 0 Å². The van der Waals surface area contributed by atoms with Crippen LogP contribution in [0.5, 0.6) is 0 Å². The Balaban J connectivity index is 0.000000433. The van der Waals surface area contributed by atoms with Crippen molar-refractivity contribution in [2.45, 2.75) is 30.7 Å². The summed E-state index contributed by atoms with van der Waals surface area (Å²) in [6, 6.07) is 0. The molecule has 1 saturated heterocycles. The van der Waals surface area contributed by atoms with E-state index in [1.807, 2.05) is 0 Å². The first-order chi connectivity index (χ1) is 9.65. The summed E-state index contributed by atoms with van der Waals surface area (Å²) in [5.41, 5.74) is 0. The van der Waals surface area contributed by atoms with E-state index in [0.717, 1.165) is 0 Å². The first-order valence-corrected chi connectivity index (χ1v) is 8.14. The first-order valence-electron chi connectivity index (χ1n) is 5.08. The molecule has 0 amide bonds. The Bertz CT molecular complexity index is 446. The molecule has 5 atom stereocenters. The second-order valence-electron chi connectivity index (χ2n) is 3.82. The summed E-state index contributed by atoms with van der Waals surface area (Å²) in [6.07, 6.45) is -8.72. The predicted octanol–water partition coefficient (Wildman–Crippen LogP) is -3.94. The van der Waals surface area contributed by atoms with Crippen LogP contribution in [-0.2, 0) is 23.0 Å². The molecule has 0 saturated carbocycles. The lowest BCUT2D eigenvalue weighted by Gasteiger charge is -2.36. The SMILES string of the molecule is O=C(O)[C@H]1O[C@H](O)[C@H](O)[C@@H](O)[C@@H]1O.O=P(O)(O)OP(=O)(O)O. The number of rotatable bonds is 3. The summed E-state index contributed by atoms with van der Waals surface area (Å²) in [4.78, 5) is 41.4. The maximum atomic E-state index is 10.4. The van der Waals surface area contributed by atoms with Gasteiger partial charge in [0.15, 0.2) is 12.4 Å². The van der Waals surface area contributed by atoms with Gasteiger partial charge in [-0.15, -0.1) is 0 Å². The molecule has 0 unspecified atom stereocenters. The van der Waals surface area contributed by atoms with Crippen molar-refractivity contribution in [3.8, 4) is 0 Å². The number of hydrogen-bond donors (Lipinski definition) is 9. The molecule has 1 heterocycles. The molecule has 0 spiro atoms. The number of aliphatic hydroxyl groups is 4. The average molecular weight is 372 g/mol. The first kappa shape index (κ1) is 21.5. The third kappa shape index (κ3) is 7.69. The van der Waals surface area contributed by atoms with Gasteiger partial charge in [-0.3, -0.25) is 0 Å². The summed E-state index contributed by atoms with van der Waals surface area (Å²) in [5, 5.41) is 44.4. The number of carbonyl (C=O) groups is 1.